The van der Waals surface area contributed by atoms with Gasteiger partial charge < -0.3 is 5.32 Å². The average molecular weight is 466 g/mol. The van der Waals surface area contributed by atoms with Gasteiger partial charge >= 0.3 is 18.5 Å². The van der Waals surface area contributed by atoms with E-state index in [1.807, 2.05) is 5.32 Å². The highest BCUT2D eigenvalue weighted by Gasteiger charge is 2.40. The lowest BCUT2D eigenvalue weighted by Crippen LogP contribution is -2.26. The van der Waals surface area contributed by atoms with Crippen LogP contribution in [0, 0.1) is 0 Å². The molecule has 164 valence electrons. The van der Waals surface area contributed by atoms with Crippen molar-refractivity contribution >= 4 is 23.2 Å². The molecule has 0 fully saturated rings. The van der Waals surface area contributed by atoms with E-state index in [4.69, 9.17) is 11.6 Å². The molecule has 0 saturated heterocycles. The van der Waals surface area contributed by atoms with Gasteiger partial charge in [0.05, 0.1) is 21.8 Å². The number of nitrogens with one attached hydrogen (secondary N) is 1. The van der Waals surface area contributed by atoms with Crippen LogP contribution < -0.4 is 10.9 Å². The van der Waals surface area contributed by atoms with Crippen LogP contribution in [0.2, 0.25) is 5.02 Å². The van der Waals surface area contributed by atoms with Crippen molar-refractivity contribution in [3.05, 3.63) is 63.1 Å². The minimum absolute atomic E-state index is 0.115. The van der Waals surface area contributed by atoms with Crippen molar-refractivity contribution in [2.45, 2.75) is 25.1 Å². The minimum atomic E-state index is -5.31. The summed E-state index contributed by atoms with van der Waals surface area (Å²) in [4.78, 5) is 15.1. The van der Waals surface area contributed by atoms with Crippen molar-refractivity contribution in [1.29, 1.82) is 0 Å². The van der Waals surface area contributed by atoms with Crippen LogP contribution in [-0.4, -0.2) is 9.55 Å². The third-order valence-corrected chi connectivity index (χ3v) is 3.97. The Labute approximate surface area is 166 Å². The van der Waals surface area contributed by atoms with Crippen LogP contribution in [-0.2, 0) is 25.1 Å². The van der Waals surface area contributed by atoms with E-state index < -0.39 is 64.1 Å². The summed E-state index contributed by atoms with van der Waals surface area (Å²) in [5, 5.41) is 0.619. The number of hydrogen-bond donors (Lipinski definition) is 1. The maximum Gasteiger partial charge on any atom is 0.433 e. The van der Waals surface area contributed by atoms with Gasteiger partial charge in [0, 0.05) is 12.6 Å². The molecular weight excluding hydrogens is 457 g/mol. The lowest BCUT2D eigenvalue weighted by molar-refractivity contribution is -0.143. The third kappa shape index (κ3) is 5.07. The van der Waals surface area contributed by atoms with Gasteiger partial charge in [-0.05, 0) is 12.1 Å². The van der Waals surface area contributed by atoms with Crippen molar-refractivity contribution in [3.8, 4) is 0 Å². The van der Waals surface area contributed by atoms with E-state index in [9.17, 15) is 44.3 Å². The molecule has 0 atom stereocenters. The molecule has 0 unspecified atom stereocenters. The Kier molecular flexibility index (Phi) is 6.17. The van der Waals surface area contributed by atoms with Gasteiger partial charge in [0.2, 0.25) is 5.95 Å². The standard InChI is InChI=1S/C16H9ClF9N3O/c1-2-3-29-11(30)6-10(16(24,25)26)28-13(29)27-9-5-7(14(18,19)20)4-8(12(9)17)15(21,22)23/h2,4-6H,1,3H2,(H,27,28). The zero-order valence-electron chi connectivity index (χ0n) is 14.3. The molecular formula is C16H9ClF9N3O. The second-order valence-corrected chi connectivity index (χ2v) is 6.08. The summed E-state index contributed by atoms with van der Waals surface area (Å²) in [6.45, 7) is 2.82. The number of anilines is 2. The van der Waals surface area contributed by atoms with Gasteiger partial charge in [0.1, 0.15) is 0 Å². The minimum Gasteiger partial charge on any atom is -0.324 e. The number of rotatable bonds is 4. The summed E-state index contributed by atoms with van der Waals surface area (Å²) in [5.74, 6) is -0.982. The molecule has 1 aromatic carbocycles. The topological polar surface area (TPSA) is 46.9 Å². The maximum atomic E-state index is 13.1. The van der Waals surface area contributed by atoms with Crippen LogP contribution in [0.3, 0.4) is 0 Å². The molecule has 30 heavy (non-hydrogen) atoms. The van der Waals surface area contributed by atoms with Gasteiger partial charge in [0.15, 0.2) is 5.69 Å². The van der Waals surface area contributed by atoms with Gasteiger partial charge in [-0.25, -0.2) is 4.98 Å². The molecule has 0 bridgehead atoms. The fourth-order valence-electron chi connectivity index (χ4n) is 2.26. The summed E-state index contributed by atoms with van der Waals surface area (Å²) in [7, 11) is 0. The second kappa shape index (κ2) is 7.85. The van der Waals surface area contributed by atoms with E-state index in [0.29, 0.717) is 4.57 Å². The van der Waals surface area contributed by atoms with E-state index in [0.717, 1.165) is 6.08 Å². The van der Waals surface area contributed by atoms with Crippen LogP contribution in [0.25, 0.3) is 0 Å². The first kappa shape index (κ1) is 23.6. The van der Waals surface area contributed by atoms with Crippen molar-refractivity contribution in [1.82, 2.24) is 9.55 Å². The Morgan fingerprint density at radius 2 is 1.60 bits per heavy atom. The first-order valence-electron chi connectivity index (χ1n) is 7.60. The molecule has 0 spiro atoms. The quantitative estimate of drug-likeness (QED) is 0.453. The van der Waals surface area contributed by atoms with E-state index in [1.165, 1.54) is 0 Å². The lowest BCUT2D eigenvalue weighted by Gasteiger charge is -2.19. The molecule has 4 nitrogen and oxygen atoms in total. The molecule has 14 heteroatoms. The van der Waals surface area contributed by atoms with Crippen molar-refractivity contribution in [3.63, 3.8) is 0 Å². The van der Waals surface area contributed by atoms with Crippen LogP contribution in [0.15, 0.2) is 35.6 Å². The average Bonchev–Trinajstić information content (AvgIpc) is 2.56. The Morgan fingerprint density at radius 1 is 1.00 bits per heavy atom. The highest BCUT2D eigenvalue weighted by molar-refractivity contribution is 6.34. The molecule has 1 N–H and O–H groups in total. The number of nitrogens with zero attached hydrogens (tertiary/aromatic N) is 2. The van der Waals surface area contributed by atoms with E-state index >= 15 is 0 Å². The number of benzene rings is 1. The summed E-state index contributed by atoms with van der Waals surface area (Å²) in [6, 6.07) is 0.0235. The monoisotopic (exact) mass is 465 g/mol. The Morgan fingerprint density at radius 3 is 2.07 bits per heavy atom. The van der Waals surface area contributed by atoms with Crippen molar-refractivity contribution in [2.75, 3.05) is 5.32 Å². The zero-order valence-corrected chi connectivity index (χ0v) is 15.1. The maximum absolute atomic E-state index is 13.1. The van der Waals surface area contributed by atoms with Crippen LogP contribution in [0.1, 0.15) is 16.8 Å². The Balaban J connectivity index is 2.76. The highest BCUT2D eigenvalue weighted by atomic mass is 35.5. The molecule has 1 aromatic heterocycles. The second-order valence-electron chi connectivity index (χ2n) is 5.71. The molecule has 0 saturated carbocycles. The molecule has 0 aliphatic carbocycles. The number of halogens is 10. The first-order valence-corrected chi connectivity index (χ1v) is 7.98. The van der Waals surface area contributed by atoms with E-state index in [2.05, 4.69) is 11.6 Å². The number of allylic oxidation sites excluding steroid dienone is 1. The smallest absolute Gasteiger partial charge is 0.324 e. The highest BCUT2D eigenvalue weighted by Crippen LogP contribution is 2.43. The largest absolute Gasteiger partial charge is 0.433 e. The van der Waals surface area contributed by atoms with Crippen LogP contribution >= 0.6 is 11.6 Å². The lowest BCUT2D eigenvalue weighted by atomic mass is 10.1. The molecule has 2 aromatic rings. The normalized spacial score (nSPS) is 12.7. The summed E-state index contributed by atoms with van der Waals surface area (Å²) < 4.78 is 118. The molecule has 2 rings (SSSR count). The Bertz CT molecular complexity index is 1020. The van der Waals surface area contributed by atoms with Crippen LogP contribution in [0.4, 0.5) is 51.1 Å². The van der Waals surface area contributed by atoms with Gasteiger partial charge in [0.25, 0.3) is 5.56 Å². The van der Waals surface area contributed by atoms with Gasteiger partial charge in [-0.15, -0.1) is 6.58 Å². The summed E-state index contributed by atoms with van der Waals surface area (Å²) in [5.41, 5.74) is -7.70. The molecule has 0 aliphatic heterocycles. The van der Waals surface area contributed by atoms with E-state index in [1.54, 1.807) is 0 Å². The summed E-state index contributed by atoms with van der Waals surface area (Å²) >= 11 is 5.56. The van der Waals surface area contributed by atoms with Gasteiger partial charge in [-0.2, -0.15) is 39.5 Å². The third-order valence-electron chi connectivity index (χ3n) is 3.56. The van der Waals surface area contributed by atoms with E-state index in [-0.39, 0.29) is 18.2 Å². The predicted molar refractivity (Wildman–Crippen MR) is 88.4 cm³/mol. The van der Waals surface area contributed by atoms with Crippen LogP contribution in [0.5, 0.6) is 0 Å². The van der Waals surface area contributed by atoms with Gasteiger partial charge in [-0.3, -0.25) is 9.36 Å². The predicted octanol–water partition coefficient (Wildman–Crippen LogP) is 5.88. The molecule has 0 amide bonds. The molecule has 1 heterocycles. The fourth-order valence-corrected chi connectivity index (χ4v) is 2.52. The fraction of sp³-hybridized carbons (Fsp3) is 0.250. The summed E-state index contributed by atoms with van der Waals surface area (Å²) in [6.07, 6.45) is -14.6. The van der Waals surface area contributed by atoms with Gasteiger partial charge in [-0.1, -0.05) is 17.7 Å². The van der Waals surface area contributed by atoms with Crippen molar-refractivity contribution < 1.29 is 39.5 Å². The first-order chi connectivity index (χ1) is 13.6. The molecule has 0 aliphatic rings. The number of hydrogen-bond acceptors (Lipinski definition) is 3. The SMILES string of the molecule is C=CCn1c(Nc2cc(C(F)(F)F)cc(C(F)(F)F)c2Cl)nc(C(F)(F)F)cc1=O. The zero-order chi connectivity index (χ0) is 23.1. The Hall–Kier alpha value is -2.70. The van der Waals surface area contributed by atoms with Crippen molar-refractivity contribution in [2.24, 2.45) is 0 Å². The number of alkyl halides is 9. The number of aromatic nitrogens is 2. The molecule has 0 radical (unpaired) electrons.